The van der Waals surface area contributed by atoms with Gasteiger partial charge < -0.3 is 15.1 Å². The molecule has 0 aliphatic heterocycles. The van der Waals surface area contributed by atoms with Crippen LogP contribution in [-0.2, 0) is 0 Å². The minimum Gasteiger partial charge on any atom is -0.400 e. The summed E-state index contributed by atoms with van der Waals surface area (Å²) in [5, 5.41) is 20.4. The first-order valence-electron chi connectivity index (χ1n) is 17.1. The molecule has 0 bridgehead atoms. The fourth-order valence-electron chi connectivity index (χ4n) is 2.93. The molecule has 1 rings (SSSR count). The van der Waals surface area contributed by atoms with Gasteiger partial charge in [-0.1, -0.05) is 104 Å². The number of hydrogen-bond donors (Lipinski definition) is 4. The van der Waals surface area contributed by atoms with Crippen molar-refractivity contribution in [1.29, 1.82) is 0 Å². The maximum atomic E-state index is 12.3. The number of likely N-dealkylation sites (N-methyl/N-ethyl adjacent to an activating group) is 1. The Bertz CT molecular complexity index is 1020. The van der Waals surface area contributed by atoms with E-state index >= 15 is 0 Å². The number of aliphatic hydroxyl groups is 2. The molecule has 49 heavy (non-hydrogen) atoms. The third kappa shape index (κ3) is 36.3. The third-order valence-corrected chi connectivity index (χ3v) is 6.14. The summed E-state index contributed by atoms with van der Waals surface area (Å²) in [7, 11) is 5.64. The molecule has 1 aromatic carbocycles. The average molecular weight is 722 g/mol. The van der Waals surface area contributed by atoms with Crippen molar-refractivity contribution in [2.45, 2.75) is 128 Å². The highest BCUT2D eigenvalue weighted by atomic mass is 31.0. The van der Waals surface area contributed by atoms with Crippen LogP contribution in [0.4, 0.5) is 18.9 Å². The molecule has 0 radical (unpaired) electrons. The van der Waals surface area contributed by atoms with E-state index in [4.69, 9.17) is 16.1 Å². The predicted molar refractivity (Wildman–Crippen MR) is 213 cm³/mol. The average Bonchev–Trinajstić information content (AvgIpc) is 3.11. The second-order valence-electron chi connectivity index (χ2n) is 9.60. The molecule has 11 heteroatoms. The van der Waals surface area contributed by atoms with E-state index in [0.29, 0.717) is 12.0 Å². The minimum absolute atomic E-state index is 0.419. The molecule has 288 valence electrons. The van der Waals surface area contributed by atoms with Gasteiger partial charge in [-0.2, -0.15) is 13.2 Å². The normalized spacial score (nSPS) is 11.9. The fourth-order valence-corrected chi connectivity index (χ4v) is 3.12. The van der Waals surface area contributed by atoms with Crippen LogP contribution in [0.25, 0.3) is 0 Å². The molecular weight excluding hydrogens is 648 g/mol. The summed E-state index contributed by atoms with van der Waals surface area (Å²) in [5.74, 6) is 6.09. The van der Waals surface area contributed by atoms with Crippen LogP contribution in [0.5, 0.6) is 0 Å². The standard InChI is InChI=1S/C17H24F3N2OP.C11H18N2O.C3H8.3C2H6.CH4O/c1-11(10-16(23)17(18,19)20)4-5-12(2)13(3)22(21)14-6-8-15(24)9-7-14;1-4-5-10-13(3)11(2)8-6-7-9-12-14;1-3-2;4*1-2/h4,6-9,16,23H,5,10,21,24H2,1-3H3;4-5,7-9H,6,10H2,1-3H3;3H2,1-2H3;3*1-2H3;2H,1H3/p+1/b11-4+,13-12+;5-4-,9-7+,11-8-;;;;;. The largest absolute Gasteiger partial charge is 0.414 e. The molecule has 0 spiro atoms. The van der Waals surface area contributed by atoms with Crippen molar-refractivity contribution >= 4 is 20.2 Å². The molecule has 7 nitrogen and oxygen atoms in total. The number of hydrogen-bond acceptors (Lipinski definition) is 6. The highest BCUT2D eigenvalue weighted by molar-refractivity contribution is 7.27. The van der Waals surface area contributed by atoms with Crippen LogP contribution in [0.1, 0.15) is 116 Å². The van der Waals surface area contributed by atoms with E-state index in [9.17, 15) is 18.1 Å². The van der Waals surface area contributed by atoms with Crippen molar-refractivity contribution in [2.75, 3.05) is 25.7 Å². The molecule has 2 atom stereocenters. The molecular formula is C38H73F3N4O3P+. The number of rotatable bonds is 12. The first kappa shape index (κ1) is 58.4. The van der Waals surface area contributed by atoms with Crippen LogP contribution in [0.15, 0.2) is 83.4 Å². The van der Waals surface area contributed by atoms with Gasteiger partial charge in [0.05, 0.1) is 5.69 Å². The van der Waals surface area contributed by atoms with E-state index in [1.165, 1.54) is 18.3 Å². The third-order valence-electron chi connectivity index (χ3n) is 5.75. The molecule has 2 unspecified atom stereocenters. The van der Waals surface area contributed by atoms with Gasteiger partial charge in [-0.25, -0.2) is 5.84 Å². The maximum Gasteiger partial charge on any atom is 0.414 e. The summed E-state index contributed by atoms with van der Waals surface area (Å²) >= 11 is 0. The van der Waals surface area contributed by atoms with Gasteiger partial charge in [-0.15, -0.1) is 9.24 Å². The molecule has 0 heterocycles. The number of nitrogens with two attached hydrogens (primary N) is 1. The molecule has 0 fully saturated rings. The zero-order chi connectivity index (χ0) is 40.0. The Kier molecular flexibility index (Phi) is 49.4. The summed E-state index contributed by atoms with van der Waals surface area (Å²) in [5.41, 5.74) is 4.29. The highest BCUT2D eigenvalue weighted by Crippen LogP contribution is 2.25. The molecule has 0 saturated heterocycles. The lowest BCUT2D eigenvalue weighted by molar-refractivity contribution is -0.398. The maximum absolute atomic E-state index is 12.3. The number of benzene rings is 1. The Balaban J connectivity index is -0.000000157. The zero-order valence-electron chi connectivity index (χ0n) is 33.4. The van der Waals surface area contributed by atoms with Crippen LogP contribution in [-0.4, -0.2) is 48.1 Å². The summed E-state index contributed by atoms with van der Waals surface area (Å²) in [4.78, 5) is 12.0. The predicted octanol–water partition coefficient (Wildman–Crippen LogP) is 9.06. The number of hydrazine groups is 1. The summed E-state index contributed by atoms with van der Waals surface area (Å²) in [6.07, 6.45) is 6.26. The number of halogens is 3. The van der Waals surface area contributed by atoms with Crippen LogP contribution < -0.4 is 21.3 Å². The van der Waals surface area contributed by atoms with Crippen molar-refractivity contribution < 1.29 is 28.6 Å². The molecule has 0 aliphatic carbocycles. The van der Waals surface area contributed by atoms with Crippen LogP contribution in [0.3, 0.4) is 0 Å². The zero-order valence-corrected chi connectivity index (χ0v) is 34.5. The van der Waals surface area contributed by atoms with Crippen LogP contribution >= 0.6 is 9.24 Å². The number of aliphatic hydroxyl groups excluding tert-OH is 2. The van der Waals surface area contributed by atoms with E-state index in [1.807, 2.05) is 99.7 Å². The Hall–Kier alpha value is -2.78. The van der Waals surface area contributed by atoms with Crippen molar-refractivity contribution in [1.82, 2.24) is 4.90 Å². The van der Waals surface area contributed by atoms with Gasteiger partial charge in [0, 0.05) is 48.6 Å². The number of allylic oxidation sites excluding steroid dienone is 7. The number of nitrogens with one attached hydrogen (secondary N) is 1. The minimum atomic E-state index is -4.59. The van der Waals surface area contributed by atoms with Gasteiger partial charge in [0.1, 0.15) is 0 Å². The second-order valence-corrected chi connectivity index (χ2v) is 10.3. The topological polar surface area (TPSA) is 104 Å². The lowest BCUT2D eigenvalue weighted by atomic mass is 10.1. The number of alkyl halides is 3. The molecule has 0 aromatic heterocycles. The van der Waals surface area contributed by atoms with Crippen molar-refractivity contribution in [2.24, 2.45) is 5.84 Å². The van der Waals surface area contributed by atoms with Gasteiger partial charge >= 0.3 is 6.18 Å². The molecule has 0 aliphatic rings. The Morgan fingerprint density at radius 2 is 1.43 bits per heavy atom. The molecule has 5 N–H and O–H groups in total. The van der Waals surface area contributed by atoms with E-state index in [2.05, 4.69) is 47.1 Å². The Morgan fingerprint density at radius 1 is 0.959 bits per heavy atom. The molecule has 1 aromatic rings. The summed E-state index contributed by atoms with van der Waals surface area (Å²) in [6, 6.07) is 7.62. The fraction of sp³-hybridized carbons (Fsp3) is 0.579. The first-order chi connectivity index (χ1) is 23.2. The summed E-state index contributed by atoms with van der Waals surface area (Å²) in [6.45, 7) is 26.6. The summed E-state index contributed by atoms with van der Waals surface area (Å²) < 4.78 is 37.0. The number of anilines is 1. The van der Waals surface area contributed by atoms with Gasteiger partial charge in [0.15, 0.2) is 6.10 Å². The van der Waals surface area contributed by atoms with Gasteiger partial charge in [-0.3, -0.25) is 5.01 Å². The van der Waals surface area contributed by atoms with Gasteiger partial charge in [-0.05, 0) is 76.5 Å². The highest BCUT2D eigenvalue weighted by Gasteiger charge is 2.37. The Morgan fingerprint density at radius 3 is 1.84 bits per heavy atom. The van der Waals surface area contributed by atoms with Crippen LogP contribution in [0.2, 0.25) is 0 Å². The number of nitroso groups, excluding NO2 is 1. The second kappa shape index (κ2) is 41.4. The van der Waals surface area contributed by atoms with Crippen molar-refractivity contribution in [3.63, 3.8) is 0 Å². The van der Waals surface area contributed by atoms with Crippen LogP contribution in [0, 0.1) is 4.91 Å². The Labute approximate surface area is 301 Å². The van der Waals surface area contributed by atoms with Crippen molar-refractivity contribution in [3.05, 3.63) is 88.3 Å². The van der Waals surface area contributed by atoms with Gasteiger partial charge in [0.2, 0.25) is 6.20 Å². The quantitative estimate of drug-likeness (QED) is 0.0744. The van der Waals surface area contributed by atoms with E-state index in [1.54, 1.807) is 29.3 Å². The van der Waals surface area contributed by atoms with E-state index in [-0.39, 0.29) is 0 Å². The lowest BCUT2D eigenvalue weighted by Crippen LogP contribution is -2.55. The number of nitrogens with zero attached hydrogens (tertiary/aromatic N) is 2. The first-order valence-corrected chi connectivity index (χ1v) is 17.7. The SMILES string of the molecule is C/C(=C\C/C(C)=C(\C)N(N)c1ccc(P)cc1)CC(O)C(F)(F)F.C/C=C\CN(C)/C(C)=C\C/C=C/[NH+]=O.CC.CC.CC.CCC.CO. The molecule has 0 saturated carbocycles. The van der Waals surface area contributed by atoms with Gasteiger partial charge in [0.25, 0.3) is 0 Å². The smallest absolute Gasteiger partial charge is 0.400 e. The van der Waals surface area contributed by atoms with E-state index in [0.717, 1.165) is 42.3 Å². The van der Waals surface area contributed by atoms with Crippen molar-refractivity contribution in [3.8, 4) is 0 Å². The molecule has 0 amide bonds. The lowest BCUT2D eigenvalue weighted by Gasteiger charge is -2.22. The van der Waals surface area contributed by atoms with E-state index < -0.39 is 18.7 Å². The monoisotopic (exact) mass is 722 g/mol.